The fourth-order valence-corrected chi connectivity index (χ4v) is 6.96. The minimum atomic E-state index is -3.79. The third kappa shape index (κ3) is 4.86. The van der Waals surface area contributed by atoms with Crippen molar-refractivity contribution in [2.75, 3.05) is 0 Å². The summed E-state index contributed by atoms with van der Waals surface area (Å²) in [4.78, 5) is 0. The molecule has 1 fully saturated rings. The molecule has 0 amide bonds. The Morgan fingerprint density at radius 2 is 1.73 bits per heavy atom. The van der Waals surface area contributed by atoms with Gasteiger partial charge < -0.3 is 0 Å². The second kappa shape index (κ2) is 9.96. The summed E-state index contributed by atoms with van der Waals surface area (Å²) in [5.74, 6) is 0.111. The first kappa shape index (κ1) is 23.9. The van der Waals surface area contributed by atoms with Crippen molar-refractivity contribution in [2.24, 2.45) is 16.5 Å². The highest BCUT2D eigenvalue weighted by atomic mass is 32.2. The Kier molecular flexibility index (Phi) is 7.22. The molecule has 33 heavy (non-hydrogen) atoms. The third-order valence-electron chi connectivity index (χ3n) is 7.61. The zero-order chi connectivity index (χ0) is 23.5. The van der Waals surface area contributed by atoms with Crippen LogP contribution in [0, 0.1) is 11.3 Å². The van der Waals surface area contributed by atoms with Gasteiger partial charge in [0.1, 0.15) is 0 Å². The molecule has 2 aliphatic carbocycles. The molecular formula is C28H36N2O2S. The van der Waals surface area contributed by atoms with Crippen molar-refractivity contribution in [3.05, 3.63) is 83.9 Å². The van der Waals surface area contributed by atoms with Crippen molar-refractivity contribution >= 4 is 21.4 Å². The SMILES string of the molecule is C=C(c1ccccc1)C12CCC(NS(N)(=O)=O)C1CC(CCCCCC)=C2c1ccccc1. The lowest BCUT2D eigenvalue weighted by atomic mass is 9.66. The summed E-state index contributed by atoms with van der Waals surface area (Å²) in [5, 5.41) is 5.45. The molecular weight excluding hydrogens is 428 g/mol. The minimum absolute atomic E-state index is 0.111. The van der Waals surface area contributed by atoms with Crippen molar-refractivity contribution in [3.8, 4) is 0 Å². The normalized spacial score (nSPS) is 24.8. The van der Waals surface area contributed by atoms with Gasteiger partial charge in [-0.25, -0.2) is 5.14 Å². The molecule has 5 heteroatoms. The van der Waals surface area contributed by atoms with E-state index in [1.807, 2.05) is 18.2 Å². The molecule has 0 spiro atoms. The van der Waals surface area contributed by atoms with E-state index in [-0.39, 0.29) is 17.4 Å². The average molecular weight is 465 g/mol. The van der Waals surface area contributed by atoms with E-state index in [1.54, 1.807) is 0 Å². The highest BCUT2D eigenvalue weighted by Crippen LogP contribution is 2.66. The predicted molar refractivity (Wildman–Crippen MR) is 137 cm³/mol. The first-order chi connectivity index (χ1) is 15.9. The molecule has 0 heterocycles. The largest absolute Gasteiger partial charge is 0.274 e. The highest BCUT2D eigenvalue weighted by molar-refractivity contribution is 7.87. The summed E-state index contributed by atoms with van der Waals surface area (Å²) in [6.45, 7) is 6.88. The van der Waals surface area contributed by atoms with E-state index >= 15 is 0 Å². The maximum absolute atomic E-state index is 12.0. The number of benzene rings is 2. The van der Waals surface area contributed by atoms with Gasteiger partial charge in [0.15, 0.2) is 0 Å². The van der Waals surface area contributed by atoms with Crippen LogP contribution in [0.4, 0.5) is 0 Å². The molecule has 4 nitrogen and oxygen atoms in total. The van der Waals surface area contributed by atoms with Crippen LogP contribution in [0.2, 0.25) is 0 Å². The van der Waals surface area contributed by atoms with E-state index in [2.05, 4.69) is 60.7 Å². The monoisotopic (exact) mass is 464 g/mol. The topological polar surface area (TPSA) is 72.2 Å². The van der Waals surface area contributed by atoms with Crippen LogP contribution in [0.25, 0.3) is 11.1 Å². The Balaban J connectivity index is 1.83. The fourth-order valence-electron chi connectivity index (χ4n) is 6.26. The van der Waals surface area contributed by atoms with Crippen LogP contribution in [0.1, 0.15) is 69.4 Å². The fraction of sp³-hybridized carbons (Fsp3) is 0.429. The van der Waals surface area contributed by atoms with Crippen LogP contribution < -0.4 is 9.86 Å². The summed E-state index contributed by atoms with van der Waals surface area (Å²) in [5.41, 5.74) is 5.98. The molecule has 2 aliphatic rings. The maximum atomic E-state index is 12.0. The van der Waals surface area contributed by atoms with Crippen LogP contribution >= 0.6 is 0 Å². The molecule has 3 unspecified atom stereocenters. The molecule has 3 atom stereocenters. The molecule has 0 radical (unpaired) electrons. The highest BCUT2D eigenvalue weighted by Gasteiger charge is 2.57. The van der Waals surface area contributed by atoms with Crippen LogP contribution in [0.15, 0.2) is 72.8 Å². The molecule has 0 aliphatic heterocycles. The summed E-state index contributed by atoms with van der Waals surface area (Å²) in [6, 6.07) is 20.8. The van der Waals surface area contributed by atoms with Gasteiger partial charge >= 0.3 is 0 Å². The van der Waals surface area contributed by atoms with Gasteiger partial charge in [-0.1, -0.05) is 99.0 Å². The number of allylic oxidation sites excluding steroid dienone is 3. The predicted octanol–water partition coefficient (Wildman–Crippen LogP) is 6.09. The summed E-state index contributed by atoms with van der Waals surface area (Å²) >= 11 is 0. The second-order valence-corrected chi connectivity index (χ2v) is 10.9. The van der Waals surface area contributed by atoms with E-state index in [0.717, 1.165) is 43.2 Å². The molecule has 0 saturated heterocycles. The number of unbranched alkanes of at least 4 members (excludes halogenated alkanes) is 3. The zero-order valence-electron chi connectivity index (χ0n) is 19.6. The average Bonchev–Trinajstić information content (AvgIpc) is 3.31. The minimum Gasteiger partial charge on any atom is -0.216 e. The number of rotatable bonds is 10. The van der Waals surface area contributed by atoms with E-state index in [9.17, 15) is 8.42 Å². The van der Waals surface area contributed by atoms with Crippen LogP contribution in [-0.2, 0) is 10.2 Å². The van der Waals surface area contributed by atoms with E-state index < -0.39 is 10.2 Å². The molecule has 1 saturated carbocycles. The van der Waals surface area contributed by atoms with Gasteiger partial charge in [-0.15, -0.1) is 0 Å². The van der Waals surface area contributed by atoms with Crippen molar-refractivity contribution in [3.63, 3.8) is 0 Å². The molecule has 2 aromatic carbocycles. The van der Waals surface area contributed by atoms with E-state index in [1.165, 1.54) is 36.0 Å². The molecule has 176 valence electrons. The Labute approximate surface area is 199 Å². The van der Waals surface area contributed by atoms with Gasteiger partial charge in [0.25, 0.3) is 10.2 Å². The Morgan fingerprint density at radius 1 is 1.06 bits per heavy atom. The molecule has 2 aromatic rings. The number of fused-ring (bicyclic) bond motifs is 1. The first-order valence-electron chi connectivity index (χ1n) is 12.2. The number of nitrogens with two attached hydrogens (primary N) is 1. The first-order valence-corrected chi connectivity index (χ1v) is 13.7. The second-order valence-electron chi connectivity index (χ2n) is 9.59. The smallest absolute Gasteiger partial charge is 0.216 e. The molecule has 4 rings (SSSR count). The summed E-state index contributed by atoms with van der Waals surface area (Å²) in [7, 11) is -3.79. The third-order valence-corrected chi connectivity index (χ3v) is 8.24. The van der Waals surface area contributed by atoms with Gasteiger partial charge in [-0.2, -0.15) is 13.1 Å². The summed E-state index contributed by atoms with van der Waals surface area (Å²) in [6.07, 6.45) is 8.39. The van der Waals surface area contributed by atoms with Crippen molar-refractivity contribution in [2.45, 2.75) is 64.3 Å². The van der Waals surface area contributed by atoms with Crippen molar-refractivity contribution in [1.29, 1.82) is 0 Å². The molecule has 0 bridgehead atoms. The lowest BCUT2D eigenvalue weighted by Crippen LogP contribution is -2.43. The Hall–Kier alpha value is -2.21. The van der Waals surface area contributed by atoms with Crippen LogP contribution in [0.3, 0.4) is 0 Å². The molecule has 3 N–H and O–H groups in total. The van der Waals surface area contributed by atoms with Gasteiger partial charge in [-0.3, -0.25) is 0 Å². The zero-order valence-corrected chi connectivity index (χ0v) is 20.4. The summed E-state index contributed by atoms with van der Waals surface area (Å²) < 4.78 is 26.8. The maximum Gasteiger partial charge on any atom is 0.274 e. The number of nitrogens with one attached hydrogen (secondary N) is 1. The lowest BCUT2D eigenvalue weighted by Gasteiger charge is -2.37. The lowest BCUT2D eigenvalue weighted by molar-refractivity contribution is 0.361. The van der Waals surface area contributed by atoms with Crippen molar-refractivity contribution in [1.82, 2.24) is 4.72 Å². The van der Waals surface area contributed by atoms with Gasteiger partial charge in [0, 0.05) is 11.5 Å². The van der Waals surface area contributed by atoms with Gasteiger partial charge in [0.05, 0.1) is 0 Å². The van der Waals surface area contributed by atoms with Crippen molar-refractivity contribution < 1.29 is 8.42 Å². The van der Waals surface area contributed by atoms with Gasteiger partial charge in [-0.05, 0) is 60.3 Å². The Morgan fingerprint density at radius 3 is 2.36 bits per heavy atom. The van der Waals surface area contributed by atoms with Gasteiger partial charge in [0.2, 0.25) is 0 Å². The number of hydrogen-bond donors (Lipinski definition) is 2. The van der Waals surface area contributed by atoms with E-state index in [4.69, 9.17) is 5.14 Å². The molecule has 0 aromatic heterocycles. The quantitative estimate of drug-likeness (QED) is 0.418. The Bertz CT molecular complexity index is 1110. The van der Waals surface area contributed by atoms with E-state index in [0.29, 0.717) is 0 Å². The van der Waals surface area contributed by atoms with Crippen LogP contribution in [0.5, 0.6) is 0 Å². The van der Waals surface area contributed by atoms with Crippen LogP contribution in [-0.4, -0.2) is 14.5 Å². The number of hydrogen-bond acceptors (Lipinski definition) is 2. The standard InChI is InChI=1S/C28H36N2O2S/c1-3-4-5-8-17-24-20-25-26(30-33(29,31)32)18-19-28(25,21(2)22-13-9-6-10-14-22)27(24)23-15-11-7-12-16-23/h6-7,9-16,25-26,30H,2-5,8,17-20H2,1H3,(H2,29,31,32).